The predicted octanol–water partition coefficient (Wildman–Crippen LogP) is 3.70. The molecule has 0 radical (unpaired) electrons. The van der Waals surface area contributed by atoms with Gasteiger partial charge in [-0.05, 0) is 111 Å². The number of aliphatic hydroxyl groups excluding tert-OH is 4. The summed E-state index contributed by atoms with van der Waals surface area (Å²) >= 11 is 0. The Bertz CT molecular complexity index is 2950. The Balaban J connectivity index is 1.11. The molecular weight excluding hydrogens is 877 g/mol. The standard InChI is InChI=1S/C51H60N4O13/c1-4-39-32-11-12-53-38(32)22-55(39)45-47-28(14-34-41(59)13-25(2)66-48(34)45)16-43(51(67-47)20-35(29-17-44(61)54-21-29)26-5-9-37(52-3)36(51)15-26)68-65-24-50(64,49(63)46(62)42(60)23-56)19-27-6-10-40(58)31-8-7-30(57)18-33(27)31/h6-8,10-14,18,22,26,29,35-37,42-43,46,49,52-53,56-58,60,62-64H,4-5,9,15-17,19-21,23-24H2,1-3H3,(H,54,61)/t26-,29+,35-,36-,37+,42+,43+,46+,49-,50-,51-/m0/s1. The molecule has 10 rings (SSSR count). The van der Waals surface area contributed by atoms with E-state index in [1.54, 1.807) is 13.0 Å². The Morgan fingerprint density at radius 1 is 1.00 bits per heavy atom. The number of nitrogens with one attached hydrogen (secondary N) is 3. The van der Waals surface area contributed by atoms with E-state index in [-0.39, 0.29) is 59.0 Å². The molecule has 10 N–H and O–H groups in total. The van der Waals surface area contributed by atoms with Crippen LogP contribution >= 0.6 is 0 Å². The van der Waals surface area contributed by atoms with Crippen LogP contribution in [0.1, 0.15) is 61.6 Å². The number of phenols is 2. The van der Waals surface area contributed by atoms with Crippen LogP contribution in [-0.4, -0.2) is 120 Å². The van der Waals surface area contributed by atoms with Gasteiger partial charge in [0.25, 0.3) is 0 Å². The van der Waals surface area contributed by atoms with E-state index in [1.165, 1.54) is 36.4 Å². The number of aryl methyl sites for hydroxylation is 2. The monoisotopic (exact) mass is 936 g/mol. The van der Waals surface area contributed by atoms with E-state index >= 15 is 0 Å². The normalized spacial score (nSPS) is 27.0. The number of amides is 1. The van der Waals surface area contributed by atoms with Crippen LogP contribution < -0.4 is 20.8 Å². The fourth-order valence-corrected chi connectivity index (χ4v) is 12.4. The summed E-state index contributed by atoms with van der Waals surface area (Å²) in [5.74, 6) is 0.907. The van der Waals surface area contributed by atoms with Crippen molar-refractivity contribution in [2.75, 3.05) is 26.8 Å². The molecule has 3 fully saturated rings. The summed E-state index contributed by atoms with van der Waals surface area (Å²) in [6, 6.07) is 12.4. The Hall–Kier alpha value is -5.50. The van der Waals surface area contributed by atoms with Crippen molar-refractivity contribution in [1.29, 1.82) is 0 Å². The zero-order chi connectivity index (χ0) is 47.8. The average molecular weight is 937 g/mol. The van der Waals surface area contributed by atoms with Crippen LogP contribution in [0, 0.1) is 30.6 Å². The molecule has 362 valence electrons. The summed E-state index contributed by atoms with van der Waals surface area (Å²) in [5, 5.41) is 85.4. The SMILES string of the molecule is CCc1c2cc[nH]c2cn1-c1c2c(cc3c(=O)cc(C)oc13)C[C@@H](OOC[C@@](O)(Cc1ccc(O)c3ccc(O)cc13)[C@@H](O)[C@H](O)[C@H](O)CO)[C@@]1(C[C@H]([C@H]3CNC(=O)C3)[C@H]3CC[C@@H](NC)[C@@H]1C3)O2. The number of aromatic hydroxyl groups is 2. The summed E-state index contributed by atoms with van der Waals surface area (Å²) in [6.07, 6.45) is 0.690. The number of carbonyl (C=O) groups is 1. The Morgan fingerprint density at radius 2 is 1.82 bits per heavy atom. The minimum atomic E-state index is -2.42. The molecule has 2 saturated carbocycles. The minimum Gasteiger partial charge on any atom is -0.508 e. The maximum atomic E-state index is 14.0. The van der Waals surface area contributed by atoms with Crippen molar-refractivity contribution in [1.82, 2.24) is 20.2 Å². The second kappa shape index (κ2) is 17.8. The van der Waals surface area contributed by atoms with E-state index in [2.05, 4.69) is 27.1 Å². The van der Waals surface area contributed by atoms with Crippen LogP contribution in [0.5, 0.6) is 17.2 Å². The molecule has 2 aliphatic heterocycles. The number of aromatic nitrogens is 2. The quantitative estimate of drug-likeness (QED) is 0.0552. The highest BCUT2D eigenvalue weighted by Gasteiger charge is 2.62. The molecule has 11 atom stereocenters. The number of aromatic amines is 1. The summed E-state index contributed by atoms with van der Waals surface area (Å²) in [6.45, 7) is 2.64. The third kappa shape index (κ3) is 7.73. The number of hydrogen-bond donors (Lipinski definition) is 10. The molecule has 2 bridgehead atoms. The molecule has 17 nitrogen and oxygen atoms in total. The van der Waals surface area contributed by atoms with Crippen LogP contribution in [0.25, 0.3) is 38.3 Å². The predicted molar refractivity (Wildman–Crippen MR) is 250 cm³/mol. The van der Waals surface area contributed by atoms with E-state index in [4.69, 9.17) is 18.9 Å². The van der Waals surface area contributed by atoms with E-state index in [0.717, 1.165) is 35.9 Å². The number of benzene rings is 3. The van der Waals surface area contributed by atoms with Gasteiger partial charge in [0.15, 0.2) is 16.8 Å². The number of fused-ring (bicyclic) bond motifs is 7. The van der Waals surface area contributed by atoms with Crippen LogP contribution in [0.15, 0.2) is 70.1 Å². The first-order chi connectivity index (χ1) is 32.7. The van der Waals surface area contributed by atoms with Crippen LogP contribution in [0.3, 0.4) is 0 Å². The molecule has 0 unspecified atom stereocenters. The lowest BCUT2D eigenvalue weighted by Crippen LogP contribution is -2.67. The molecule has 4 aliphatic rings. The lowest BCUT2D eigenvalue weighted by molar-refractivity contribution is -0.381. The maximum Gasteiger partial charge on any atom is 0.220 e. The second-order valence-corrected chi connectivity index (χ2v) is 19.7. The van der Waals surface area contributed by atoms with Crippen molar-refractivity contribution >= 4 is 38.6 Å². The van der Waals surface area contributed by atoms with Gasteiger partial charge in [-0.2, -0.15) is 0 Å². The highest BCUT2D eigenvalue weighted by molar-refractivity contribution is 5.93. The lowest BCUT2D eigenvalue weighted by atomic mass is 9.53. The number of phenolic OH excluding ortho intramolecular Hbond substituents is 2. The molecule has 3 aromatic heterocycles. The Morgan fingerprint density at radius 3 is 2.57 bits per heavy atom. The molecule has 68 heavy (non-hydrogen) atoms. The van der Waals surface area contributed by atoms with Gasteiger partial charge >= 0.3 is 0 Å². The summed E-state index contributed by atoms with van der Waals surface area (Å²) in [7, 11) is 1.93. The average Bonchev–Trinajstić information content (AvgIpc) is 4.06. The highest BCUT2D eigenvalue weighted by Crippen LogP contribution is 2.58. The number of carbonyl (C=O) groups excluding carboxylic acids is 1. The number of aliphatic hydroxyl groups is 5. The Labute approximate surface area is 391 Å². The zero-order valence-corrected chi connectivity index (χ0v) is 38.3. The molecule has 2 aliphatic carbocycles. The Kier molecular flexibility index (Phi) is 12.1. The van der Waals surface area contributed by atoms with Crippen molar-refractivity contribution < 1.29 is 59.5 Å². The molecule has 1 spiro atoms. The molecule has 17 heteroatoms. The van der Waals surface area contributed by atoms with Gasteiger partial charge in [-0.25, -0.2) is 9.78 Å². The molecule has 1 amide bonds. The number of rotatable bonds is 14. The van der Waals surface area contributed by atoms with Gasteiger partial charge in [-0.1, -0.05) is 13.0 Å². The van der Waals surface area contributed by atoms with Crippen LogP contribution in [-0.2, 0) is 33.8 Å². The van der Waals surface area contributed by atoms with Gasteiger partial charge in [0.1, 0.15) is 65.2 Å². The van der Waals surface area contributed by atoms with Crippen molar-refractivity contribution in [3.8, 4) is 22.9 Å². The third-order valence-electron chi connectivity index (χ3n) is 15.8. The largest absolute Gasteiger partial charge is 0.508 e. The van der Waals surface area contributed by atoms with E-state index in [1.807, 2.05) is 25.5 Å². The molecule has 3 aromatic carbocycles. The minimum absolute atomic E-state index is 0.00124. The first kappa shape index (κ1) is 46.2. The van der Waals surface area contributed by atoms with E-state index in [9.17, 15) is 45.3 Å². The first-order valence-corrected chi connectivity index (χ1v) is 23.7. The van der Waals surface area contributed by atoms with E-state index < -0.39 is 55.3 Å². The summed E-state index contributed by atoms with van der Waals surface area (Å²) in [5.41, 5.74) is -0.0139. The second-order valence-electron chi connectivity index (χ2n) is 19.7. The summed E-state index contributed by atoms with van der Waals surface area (Å²) < 4.78 is 16.3. The number of nitrogens with zero attached hydrogens (tertiary/aromatic N) is 1. The van der Waals surface area contributed by atoms with E-state index in [0.29, 0.717) is 75.9 Å². The molecule has 1 saturated heterocycles. The van der Waals surface area contributed by atoms with Crippen molar-refractivity contribution in [3.05, 3.63) is 93.7 Å². The fraction of sp³-hybridized carbons (Fsp3) is 0.490. The van der Waals surface area contributed by atoms with Crippen molar-refractivity contribution in [3.63, 3.8) is 0 Å². The smallest absolute Gasteiger partial charge is 0.220 e. The molecule has 5 heterocycles. The molecule has 6 aromatic rings. The number of hydrogen-bond acceptors (Lipinski definition) is 14. The van der Waals surface area contributed by atoms with Gasteiger partial charge in [0.2, 0.25) is 5.91 Å². The van der Waals surface area contributed by atoms with Gasteiger partial charge in [0.05, 0.1) is 17.5 Å². The summed E-state index contributed by atoms with van der Waals surface area (Å²) in [4.78, 5) is 42.9. The van der Waals surface area contributed by atoms with Gasteiger partial charge in [-0.15, -0.1) is 0 Å². The number of H-pyrrole nitrogens is 1. The van der Waals surface area contributed by atoms with Gasteiger partial charge < -0.3 is 65.1 Å². The first-order valence-electron chi connectivity index (χ1n) is 23.7. The fourth-order valence-electron chi connectivity index (χ4n) is 12.4. The van der Waals surface area contributed by atoms with Gasteiger partial charge in [0, 0.05) is 78.3 Å². The maximum absolute atomic E-state index is 14.0. The van der Waals surface area contributed by atoms with Crippen molar-refractivity contribution in [2.45, 2.75) is 107 Å². The highest BCUT2D eigenvalue weighted by atomic mass is 17.2. The molecular formula is C51H60N4O13. The number of ether oxygens (including phenoxy) is 1. The zero-order valence-electron chi connectivity index (χ0n) is 38.3. The third-order valence-corrected chi connectivity index (χ3v) is 15.8. The van der Waals surface area contributed by atoms with Crippen LogP contribution in [0.2, 0.25) is 0 Å². The lowest BCUT2D eigenvalue weighted by Gasteiger charge is -2.59. The van der Waals surface area contributed by atoms with Crippen molar-refractivity contribution in [2.24, 2.45) is 23.7 Å². The van der Waals surface area contributed by atoms with Crippen LogP contribution in [0.4, 0.5) is 0 Å². The van der Waals surface area contributed by atoms with Gasteiger partial charge in [-0.3, -0.25) is 9.59 Å². The topological polar surface area (TPSA) is 261 Å².